The number of aryl methyl sites for hydroxylation is 1. The molecular formula is C14H10FN3O2. The number of carbonyl (C=O) groups excluding carboxylic acids is 1. The van der Waals surface area contributed by atoms with Crippen LogP contribution in [0.4, 0.5) is 4.39 Å². The van der Waals surface area contributed by atoms with Gasteiger partial charge in [-0.05, 0) is 24.6 Å². The first-order valence-electron chi connectivity index (χ1n) is 5.91. The number of para-hydroxylation sites is 1. The molecule has 0 unspecified atom stereocenters. The molecule has 0 spiro atoms. The van der Waals surface area contributed by atoms with Crippen molar-refractivity contribution in [2.24, 2.45) is 0 Å². The summed E-state index contributed by atoms with van der Waals surface area (Å²) in [6.07, 6.45) is 3.60. The first kappa shape index (κ1) is 12.3. The minimum Gasteiger partial charge on any atom is -0.434 e. The Morgan fingerprint density at radius 2 is 2.15 bits per heavy atom. The topological polar surface area (TPSA) is 56.5 Å². The molecular weight excluding hydrogens is 261 g/mol. The standard InChI is InChI=1S/C14H10FN3O2/c1-9-10(7-19)6-18-13(9)14(16-8-17-18)20-12-5-3-2-4-11(12)15/h2-8H,1H3. The van der Waals surface area contributed by atoms with E-state index >= 15 is 0 Å². The molecule has 0 bridgehead atoms. The minimum absolute atomic E-state index is 0.0707. The van der Waals surface area contributed by atoms with Gasteiger partial charge < -0.3 is 4.74 Å². The summed E-state index contributed by atoms with van der Waals surface area (Å²) >= 11 is 0. The average molecular weight is 271 g/mol. The van der Waals surface area contributed by atoms with E-state index in [1.807, 2.05) is 0 Å². The molecule has 0 amide bonds. The largest absolute Gasteiger partial charge is 0.434 e. The number of halogens is 1. The monoisotopic (exact) mass is 271 g/mol. The van der Waals surface area contributed by atoms with Crippen LogP contribution >= 0.6 is 0 Å². The SMILES string of the molecule is Cc1c(C=O)cn2ncnc(Oc3ccccc3F)c12. The quantitative estimate of drug-likeness (QED) is 0.687. The van der Waals surface area contributed by atoms with Gasteiger partial charge in [0.15, 0.2) is 17.9 Å². The molecule has 0 radical (unpaired) electrons. The Labute approximate surface area is 113 Å². The molecule has 0 aliphatic carbocycles. The highest BCUT2D eigenvalue weighted by molar-refractivity contribution is 5.83. The molecule has 3 rings (SSSR count). The van der Waals surface area contributed by atoms with E-state index in [1.54, 1.807) is 25.3 Å². The van der Waals surface area contributed by atoms with Crippen molar-refractivity contribution >= 4 is 11.8 Å². The summed E-state index contributed by atoms with van der Waals surface area (Å²) in [5.41, 5.74) is 1.72. The fourth-order valence-corrected chi connectivity index (χ4v) is 1.97. The van der Waals surface area contributed by atoms with Crippen LogP contribution in [0.25, 0.3) is 5.52 Å². The third-order valence-electron chi connectivity index (χ3n) is 3.00. The van der Waals surface area contributed by atoms with Gasteiger partial charge in [-0.2, -0.15) is 10.1 Å². The number of fused-ring (bicyclic) bond motifs is 1. The molecule has 3 aromatic rings. The highest BCUT2D eigenvalue weighted by Crippen LogP contribution is 2.28. The van der Waals surface area contributed by atoms with Crippen molar-refractivity contribution < 1.29 is 13.9 Å². The number of hydrogen-bond donors (Lipinski definition) is 0. The minimum atomic E-state index is -0.482. The number of nitrogens with zero attached hydrogens (tertiary/aromatic N) is 3. The van der Waals surface area contributed by atoms with Gasteiger partial charge in [0.05, 0.1) is 0 Å². The fraction of sp³-hybridized carbons (Fsp3) is 0.0714. The van der Waals surface area contributed by atoms with E-state index < -0.39 is 5.82 Å². The van der Waals surface area contributed by atoms with Crippen LogP contribution in [0.5, 0.6) is 11.6 Å². The lowest BCUT2D eigenvalue weighted by molar-refractivity contribution is 0.112. The number of carbonyl (C=O) groups is 1. The summed E-state index contributed by atoms with van der Waals surface area (Å²) in [5.74, 6) is -0.207. The Bertz CT molecular complexity index is 798. The summed E-state index contributed by atoms with van der Waals surface area (Å²) in [4.78, 5) is 15.0. The van der Waals surface area contributed by atoms with Crippen LogP contribution in [0.1, 0.15) is 15.9 Å². The predicted molar refractivity (Wildman–Crippen MR) is 69.6 cm³/mol. The Morgan fingerprint density at radius 3 is 2.90 bits per heavy atom. The smallest absolute Gasteiger partial charge is 0.247 e. The maximum Gasteiger partial charge on any atom is 0.247 e. The molecule has 0 aliphatic rings. The van der Waals surface area contributed by atoms with Crippen LogP contribution in [0.2, 0.25) is 0 Å². The first-order chi connectivity index (χ1) is 9.70. The number of benzene rings is 1. The van der Waals surface area contributed by atoms with Crippen molar-refractivity contribution in [2.45, 2.75) is 6.92 Å². The zero-order valence-corrected chi connectivity index (χ0v) is 10.6. The summed E-state index contributed by atoms with van der Waals surface area (Å²) < 4.78 is 20.6. The Hall–Kier alpha value is -2.76. The van der Waals surface area contributed by atoms with Crippen molar-refractivity contribution in [3.63, 3.8) is 0 Å². The van der Waals surface area contributed by atoms with Gasteiger partial charge in [-0.25, -0.2) is 8.91 Å². The van der Waals surface area contributed by atoms with Gasteiger partial charge in [0.25, 0.3) is 0 Å². The first-order valence-corrected chi connectivity index (χ1v) is 5.91. The van der Waals surface area contributed by atoms with Crippen LogP contribution in [-0.2, 0) is 0 Å². The number of aldehydes is 1. The molecule has 0 fully saturated rings. The molecule has 5 nitrogen and oxygen atoms in total. The van der Waals surface area contributed by atoms with Gasteiger partial charge in [-0.1, -0.05) is 12.1 Å². The zero-order valence-electron chi connectivity index (χ0n) is 10.6. The molecule has 0 saturated carbocycles. The third-order valence-corrected chi connectivity index (χ3v) is 3.00. The van der Waals surface area contributed by atoms with Crippen LogP contribution in [-0.4, -0.2) is 20.9 Å². The van der Waals surface area contributed by atoms with E-state index in [1.165, 1.54) is 23.0 Å². The lowest BCUT2D eigenvalue weighted by Gasteiger charge is -2.07. The highest BCUT2D eigenvalue weighted by atomic mass is 19.1. The van der Waals surface area contributed by atoms with E-state index in [0.29, 0.717) is 16.6 Å². The number of ether oxygens (including phenoxy) is 1. The van der Waals surface area contributed by atoms with E-state index in [0.717, 1.165) is 6.29 Å². The van der Waals surface area contributed by atoms with Crippen molar-refractivity contribution in [1.82, 2.24) is 14.6 Å². The van der Waals surface area contributed by atoms with E-state index in [4.69, 9.17) is 4.74 Å². The molecule has 100 valence electrons. The molecule has 0 aliphatic heterocycles. The van der Waals surface area contributed by atoms with Gasteiger partial charge in [0, 0.05) is 11.8 Å². The molecule has 0 atom stereocenters. The van der Waals surface area contributed by atoms with Gasteiger partial charge in [0.1, 0.15) is 11.8 Å². The normalized spacial score (nSPS) is 10.7. The molecule has 6 heteroatoms. The van der Waals surface area contributed by atoms with Crippen molar-refractivity contribution in [3.8, 4) is 11.6 Å². The third kappa shape index (κ3) is 1.91. The van der Waals surface area contributed by atoms with E-state index in [2.05, 4.69) is 10.1 Å². The molecule has 2 heterocycles. The Kier molecular flexibility index (Phi) is 2.90. The molecule has 0 saturated heterocycles. The van der Waals surface area contributed by atoms with Gasteiger partial charge >= 0.3 is 0 Å². The molecule has 0 N–H and O–H groups in total. The van der Waals surface area contributed by atoms with Crippen LogP contribution < -0.4 is 4.74 Å². The lowest BCUT2D eigenvalue weighted by Crippen LogP contribution is -1.97. The Balaban J connectivity index is 2.15. The molecule has 2 aromatic heterocycles. The van der Waals surface area contributed by atoms with Crippen molar-refractivity contribution in [1.29, 1.82) is 0 Å². The maximum absolute atomic E-state index is 13.6. The molecule has 20 heavy (non-hydrogen) atoms. The highest BCUT2D eigenvalue weighted by Gasteiger charge is 2.15. The van der Waals surface area contributed by atoms with E-state index in [-0.39, 0.29) is 11.6 Å². The molecule has 1 aromatic carbocycles. The van der Waals surface area contributed by atoms with Crippen LogP contribution in [0.3, 0.4) is 0 Å². The van der Waals surface area contributed by atoms with Crippen LogP contribution in [0.15, 0.2) is 36.8 Å². The second-order valence-corrected chi connectivity index (χ2v) is 4.22. The Morgan fingerprint density at radius 1 is 1.35 bits per heavy atom. The van der Waals surface area contributed by atoms with Crippen molar-refractivity contribution in [2.75, 3.05) is 0 Å². The second-order valence-electron chi connectivity index (χ2n) is 4.22. The fourth-order valence-electron chi connectivity index (χ4n) is 1.97. The maximum atomic E-state index is 13.6. The summed E-state index contributed by atoms with van der Waals surface area (Å²) in [6.45, 7) is 1.76. The zero-order chi connectivity index (χ0) is 14.1. The summed E-state index contributed by atoms with van der Waals surface area (Å²) in [7, 11) is 0. The van der Waals surface area contributed by atoms with E-state index in [9.17, 15) is 9.18 Å². The number of hydrogen-bond acceptors (Lipinski definition) is 4. The number of rotatable bonds is 3. The summed E-state index contributed by atoms with van der Waals surface area (Å²) in [5, 5.41) is 4.01. The van der Waals surface area contributed by atoms with Crippen molar-refractivity contribution in [3.05, 3.63) is 53.7 Å². The second kappa shape index (κ2) is 4.73. The summed E-state index contributed by atoms with van der Waals surface area (Å²) in [6, 6.07) is 6.05. The van der Waals surface area contributed by atoms with Crippen LogP contribution in [0, 0.1) is 12.7 Å². The predicted octanol–water partition coefficient (Wildman–Crippen LogP) is 2.78. The average Bonchev–Trinajstić information content (AvgIpc) is 2.79. The number of aromatic nitrogens is 3. The van der Waals surface area contributed by atoms with Gasteiger partial charge in [-0.3, -0.25) is 4.79 Å². The van der Waals surface area contributed by atoms with Gasteiger partial charge in [-0.15, -0.1) is 0 Å². The lowest BCUT2D eigenvalue weighted by atomic mass is 10.2. The van der Waals surface area contributed by atoms with Gasteiger partial charge in [0.2, 0.25) is 5.88 Å².